The average Bonchev–Trinajstić information content (AvgIpc) is 2.73. The first kappa shape index (κ1) is 21.2. The van der Waals surface area contributed by atoms with Crippen molar-refractivity contribution >= 4 is 16.1 Å². The molecule has 0 bridgehead atoms. The van der Waals surface area contributed by atoms with E-state index in [4.69, 9.17) is 4.74 Å². The molecular formula is C20H24FN3O4S. The highest BCUT2D eigenvalue weighted by molar-refractivity contribution is 7.86. The van der Waals surface area contributed by atoms with E-state index in [2.05, 4.69) is 0 Å². The first-order valence-electron chi connectivity index (χ1n) is 9.22. The first-order chi connectivity index (χ1) is 13.8. The highest BCUT2D eigenvalue weighted by Crippen LogP contribution is 2.22. The fourth-order valence-electron chi connectivity index (χ4n) is 3.03. The van der Waals surface area contributed by atoms with Crippen molar-refractivity contribution in [1.82, 2.24) is 13.5 Å². The highest BCUT2D eigenvalue weighted by Gasteiger charge is 2.31. The van der Waals surface area contributed by atoms with Gasteiger partial charge >= 0.3 is 0 Å². The molecule has 3 rings (SSSR count). The van der Waals surface area contributed by atoms with Crippen LogP contribution < -0.4 is 4.74 Å². The van der Waals surface area contributed by atoms with Crippen LogP contribution in [-0.2, 0) is 16.8 Å². The van der Waals surface area contributed by atoms with E-state index in [1.807, 2.05) is 0 Å². The normalized spacial score (nSPS) is 15.5. The van der Waals surface area contributed by atoms with Crippen LogP contribution in [0.25, 0.3) is 0 Å². The van der Waals surface area contributed by atoms with E-state index < -0.39 is 10.2 Å². The Hall–Kier alpha value is -2.49. The molecule has 2 aromatic rings. The van der Waals surface area contributed by atoms with Crippen molar-refractivity contribution in [3.05, 3.63) is 65.5 Å². The zero-order valence-electron chi connectivity index (χ0n) is 16.4. The first-order valence-corrected chi connectivity index (χ1v) is 10.6. The molecule has 0 N–H and O–H groups in total. The lowest BCUT2D eigenvalue weighted by Crippen LogP contribution is -2.53. The molecular weight excluding hydrogens is 397 g/mol. The van der Waals surface area contributed by atoms with Crippen LogP contribution >= 0.6 is 0 Å². The molecule has 1 heterocycles. The third kappa shape index (κ3) is 4.92. The van der Waals surface area contributed by atoms with Crippen LogP contribution in [0.15, 0.2) is 48.5 Å². The Labute approximate surface area is 170 Å². The topological polar surface area (TPSA) is 70.2 Å². The molecule has 1 fully saturated rings. The minimum atomic E-state index is -3.49. The number of hydrogen-bond donors (Lipinski definition) is 0. The van der Waals surface area contributed by atoms with Crippen molar-refractivity contribution in [1.29, 1.82) is 0 Å². The van der Waals surface area contributed by atoms with Gasteiger partial charge < -0.3 is 9.64 Å². The molecule has 0 spiro atoms. The summed E-state index contributed by atoms with van der Waals surface area (Å²) >= 11 is 0. The van der Waals surface area contributed by atoms with Gasteiger partial charge in [-0.1, -0.05) is 24.3 Å². The molecule has 9 heteroatoms. The molecule has 0 unspecified atom stereocenters. The SMILES string of the molecule is CN(C)S(=O)(=O)N1CCN(C(=O)c2ccccc2OCc2ccc(F)cc2)CC1. The summed E-state index contributed by atoms with van der Waals surface area (Å²) in [7, 11) is -0.512. The van der Waals surface area contributed by atoms with E-state index in [9.17, 15) is 17.6 Å². The Bertz CT molecular complexity index is 956. The molecule has 29 heavy (non-hydrogen) atoms. The number of amides is 1. The summed E-state index contributed by atoms with van der Waals surface area (Å²) < 4.78 is 45.8. The second-order valence-corrected chi connectivity index (χ2v) is 9.04. The zero-order valence-corrected chi connectivity index (χ0v) is 17.2. The van der Waals surface area contributed by atoms with Crippen LogP contribution in [-0.4, -0.2) is 68.1 Å². The van der Waals surface area contributed by atoms with Crippen LogP contribution in [0, 0.1) is 5.82 Å². The van der Waals surface area contributed by atoms with Gasteiger partial charge in [0.15, 0.2) is 0 Å². The number of rotatable bonds is 6. The lowest BCUT2D eigenvalue weighted by Gasteiger charge is -2.35. The Morgan fingerprint density at radius 2 is 1.66 bits per heavy atom. The number of hydrogen-bond acceptors (Lipinski definition) is 4. The van der Waals surface area contributed by atoms with E-state index in [1.165, 1.54) is 34.8 Å². The minimum Gasteiger partial charge on any atom is -0.488 e. The molecule has 1 aliphatic heterocycles. The zero-order chi connectivity index (χ0) is 21.0. The Balaban J connectivity index is 1.67. The van der Waals surface area contributed by atoms with Gasteiger partial charge in [0.05, 0.1) is 5.56 Å². The van der Waals surface area contributed by atoms with E-state index in [1.54, 1.807) is 41.3 Å². The largest absolute Gasteiger partial charge is 0.488 e. The summed E-state index contributed by atoms with van der Waals surface area (Å²) in [5.41, 5.74) is 1.20. The molecule has 0 radical (unpaired) electrons. The van der Waals surface area contributed by atoms with Crippen molar-refractivity contribution < 1.29 is 22.3 Å². The van der Waals surface area contributed by atoms with Gasteiger partial charge in [-0.15, -0.1) is 0 Å². The molecule has 1 saturated heterocycles. The number of nitrogens with zero attached hydrogens (tertiary/aromatic N) is 3. The maximum absolute atomic E-state index is 13.0. The predicted molar refractivity (Wildman–Crippen MR) is 107 cm³/mol. The second-order valence-electron chi connectivity index (χ2n) is 6.89. The summed E-state index contributed by atoms with van der Waals surface area (Å²) in [4.78, 5) is 14.6. The standard InChI is InChI=1S/C20H24FN3O4S/c1-22(2)29(26,27)24-13-11-23(12-14-24)20(25)18-5-3-4-6-19(18)28-15-16-7-9-17(21)10-8-16/h3-10H,11-15H2,1-2H3. The quantitative estimate of drug-likeness (QED) is 0.715. The number of halogens is 1. The second kappa shape index (κ2) is 8.89. The van der Waals surface area contributed by atoms with E-state index >= 15 is 0 Å². The third-order valence-electron chi connectivity index (χ3n) is 4.74. The Kier molecular flexibility index (Phi) is 6.51. The minimum absolute atomic E-state index is 0.207. The fourth-order valence-corrected chi connectivity index (χ4v) is 4.12. The van der Waals surface area contributed by atoms with Gasteiger partial charge in [-0.25, -0.2) is 4.39 Å². The maximum atomic E-state index is 13.0. The Morgan fingerprint density at radius 3 is 2.28 bits per heavy atom. The van der Waals surface area contributed by atoms with Crippen LogP contribution in [0.4, 0.5) is 4.39 Å². The van der Waals surface area contributed by atoms with Gasteiger partial charge in [0.2, 0.25) is 0 Å². The van der Waals surface area contributed by atoms with Gasteiger partial charge in [-0.2, -0.15) is 17.0 Å². The van der Waals surface area contributed by atoms with Crippen molar-refractivity contribution in [3.63, 3.8) is 0 Å². The number of para-hydroxylation sites is 1. The Morgan fingerprint density at radius 1 is 1.03 bits per heavy atom. The van der Waals surface area contributed by atoms with Gasteiger partial charge in [0.1, 0.15) is 18.2 Å². The number of piperazine rings is 1. The van der Waals surface area contributed by atoms with E-state index in [-0.39, 0.29) is 31.4 Å². The van der Waals surface area contributed by atoms with Gasteiger partial charge in [0.25, 0.3) is 16.1 Å². The summed E-state index contributed by atoms with van der Waals surface area (Å²) in [5.74, 6) is -0.0912. The smallest absolute Gasteiger partial charge is 0.281 e. The van der Waals surface area contributed by atoms with Crippen LogP contribution in [0.2, 0.25) is 0 Å². The molecule has 1 amide bonds. The number of carbonyl (C=O) groups excluding carboxylic acids is 1. The van der Waals surface area contributed by atoms with Crippen molar-refractivity contribution in [3.8, 4) is 5.75 Å². The number of ether oxygens (including phenoxy) is 1. The molecule has 1 aliphatic rings. The lowest BCUT2D eigenvalue weighted by molar-refractivity contribution is 0.0690. The van der Waals surface area contributed by atoms with Gasteiger partial charge in [0, 0.05) is 40.3 Å². The predicted octanol–water partition coefficient (Wildman–Crippen LogP) is 1.97. The van der Waals surface area contributed by atoms with E-state index in [0.717, 1.165) is 5.56 Å². The number of carbonyl (C=O) groups is 1. The van der Waals surface area contributed by atoms with Crippen molar-refractivity contribution in [2.24, 2.45) is 0 Å². The average molecular weight is 421 g/mol. The van der Waals surface area contributed by atoms with Gasteiger partial charge in [-0.05, 0) is 29.8 Å². The van der Waals surface area contributed by atoms with Crippen LogP contribution in [0.3, 0.4) is 0 Å². The molecule has 0 aliphatic carbocycles. The maximum Gasteiger partial charge on any atom is 0.281 e. The molecule has 0 aromatic heterocycles. The summed E-state index contributed by atoms with van der Waals surface area (Å²) in [6, 6.07) is 12.9. The van der Waals surface area contributed by atoms with Crippen LogP contribution in [0.1, 0.15) is 15.9 Å². The van der Waals surface area contributed by atoms with Crippen molar-refractivity contribution in [2.75, 3.05) is 40.3 Å². The monoisotopic (exact) mass is 421 g/mol. The molecule has 7 nitrogen and oxygen atoms in total. The number of benzene rings is 2. The molecule has 2 aromatic carbocycles. The lowest BCUT2D eigenvalue weighted by atomic mass is 10.1. The van der Waals surface area contributed by atoms with Gasteiger partial charge in [-0.3, -0.25) is 4.79 Å². The molecule has 0 saturated carbocycles. The van der Waals surface area contributed by atoms with Crippen LogP contribution in [0.5, 0.6) is 5.75 Å². The molecule has 0 atom stereocenters. The third-order valence-corrected chi connectivity index (χ3v) is 6.68. The fraction of sp³-hybridized carbons (Fsp3) is 0.350. The summed E-state index contributed by atoms with van der Waals surface area (Å²) in [6.07, 6.45) is 0. The summed E-state index contributed by atoms with van der Waals surface area (Å²) in [6.45, 7) is 1.30. The van der Waals surface area contributed by atoms with E-state index in [0.29, 0.717) is 24.4 Å². The van der Waals surface area contributed by atoms with Crippen molar-refractivity contribution in [2.45, 2.75) is 6.61 Å². The highest BCUT2D eigenvalue weighted by atomic mass is 32.2. The summed E-state index contributed by atoms with van der Waals surface area (Å²) in [5, 5.41) is 0. The molecule has 156 valence electrons.